The summed E-state index contributed by atoms with van der Waals surface area (Å²) in [6.07, 6.45) is 0. The van der Waals surface area contributed by atoms with Gasteiger partial charge in [-0.2, -0.15) is 0 Å². The number of rotatable bonds is 6. The molecule has 0 aliphatic heterocycles. The molecule has 2 aromatic rings. The predicted octanol–water partition coefficient (Wildman–Crippen LogP) is 10.5. The van der Waals surface area contributed by atoms with Crippen LogP contribution in [-0.2, 0) is 0 Å². The Morgan fingerprint density at radius 1 is 0.432 bits per heavy atom. The highest BCUT2D eigenvalue weighted by molar-refractivity contribution is 6.04. The molecule has 0 aliphatic carbocycles. The monoisotopic (exact) mass is 612 g/mol. The molecular formula is C38H60O6. The SMILES string of the molecule is CC(C)(C)Oc1cccc(C(=O)C(C)(C)C)c1OC(C)(C)C.CC(C)(C)Oc1cccc(OC(C)(C)C)c1C(=O)C(C)(C)C. The van der Waals surface area contributed by atoms with Crippen LogP contribution >= 0.6 is 0 Å². The molecule has 2 rings (SSSR count). The summed E-state index contributed by atoms with van der Waals surface area (Å²) in [6, 6.07) is 11.0. The van der Waals surface area contributed by atoms with Gasteiger partial charge in [-0.15, -0.1) is 0 Å². The molecule has 6 nitrogen and oxygen atoms in total. The first-order chi connectivity index (χ1) is 19.4. The zero-order valence-electron chi connectivity index (χ0n) is 30.9. The maximum Gasteiger partial charge on any atom is 0.175 e. The van der Waals surface area contributed by atoms with Gasteiger partial charge in [0.2, 0.25) is 0 Å². The zero-order valence-corrected chi connectivity index (χ0v) is 30.9. The summed E-state index contributed by atoms with van der Waals surface area (Å²) >= 11 is 0. The Morgan fingerprint density at radius 2 is 0.750 bits per heavy atom. The molecule has 6 heteroatoms. The molecule has 0 heterocycles. The zero-order chi connectivity index (χ0) is 34.7. The van der Waals surface area contributed by atoms with Crippen LogP contribution in [0.4, 0.5) is 0 Å². The van der Waals surface area contributed by atoms with E-state index in [-0.39, 0.29) is 28.4 Å². The molecule has 2 aromatic carbocycles. The highest BCUT2D eigenvalue weighted by atomic mass is 16.5. The van der Waals surface area contributed by atoms with Crippen LogP contribution in [0.1, 0.15) is 145 Å². The quantitative estimate of drug-likeness (QED) is 0.302. The van der Waals surface area contributed by atoms with Crippen molar-refractivity contribution in [2.75, 3.05) is 0 Å². The number of Topliss-reactive ketones (excluding diaryl/α,β-unsaturated/α-hetero) is 2. The van der Waals surface area contributed by atoms with E-state index in [0.29, 0.717) is 34.1 Å². The fraction of sp³-hybridized carbons (Fsp3) is 0.632. The van der Waals surface area contributed by atoms with E-state index in [4.69, 9.17) is 18.9 Å². The van der Waals surface area contributed by atoms with E-state index in [9.17, 15) is 9.59 Å². The molecular weight excluding hydrogens is 552 g/mol. The molecule has 0 aliphatic rings. The molecule has 44 heavy (non-hydrogen) atoms. The Hall–Kier alpha value is -3.02. The molecule has 0 amide bonds. The third-order valence-corrected chi connectivity index (χ3v) is 5.46. The summed E-state index contributed by atoms with van der Waals surface area (Å²) in [5.74, 6) is 2.36. The molecule has 0 spiro atoms. The second-order valence-corrected chi connectivity index (χ2v) is 17.3. The van der Waals surface area contributed by atoms with Crippen molar-refractivity contribution >= 4 is 11.6 Å². The Morgan fingerprint density at radius 3 is 1.09 bits per heavy atom. The molecule has 0 aromatic heterocycles. The van der Waals surface area contributed by atoms with Crippen molar-refractivity contribution < 1.29 is 28.5 Å². The summed E-state index contributed by atoms with van der Waals surface area (Å²) in [6.45, 7) is 35.1. The van der Waals surface area contributed by atoms with Gasteiger partial charge in [-0.1, -0.05) is 53.7 Å². The summed E-state index contributed by atoms with van der Waals surface area (Å²) in [4.78, 5) is 25.7. The van der Waals surface area contributed by atoms with E-state index in [2.05, 4.69) is 0 Å². The van der Waals surface area contributed by atoms with Crippen molar-refractivity contribution in [2.45, 2.75) is 147 Å². The summed E-state index contributed by atoms with van der Waals surface area (Å²) in [7, 11) is 0. The topological polar surface area (TPSA) is 71.1 Å². The van der Waals surface area contributed by atoms with Gasteiger partial charge in [0.1, 0.15) is 39.5 Å². The molecule has 0 unspecified atom stereocenters. The minimum absolute atomic E-state index is 0.0200. The first kappa shape index (κ1) is 39.0. The predicted molar refractivity (Wildman–Crippen MR) is 182 cm³/mol. The number of ether oxygens (including phenoxy) is 4. The maximum absolute atomic E-state index is 12.9. The molecule has 0 radical (unpaired) electrons. The first-order valence-corrected chi connectivity index (χ1v) is 15.5. The molecule has 248 valence electrons. The van der Waals surface area contributed by atoms with Crippen LogP contribution in [0.2, 0.25) is 0 Å². The second-order valence-electron chi connectivity index (χ2n) is 17.3. The fourth-order valence-electron chi connectivity index (χ4n) is 3.86. The van der Waals surface area contributed by atoms with Gasteiger partial charge in [0.15, 0.2) is 23.1 Å². The average molecular weight is 613 g/mol. The standard InChI is InChI=1S/2C19H30O3/c1-17(2,3)16(20)15-13(21-18(4,5)6)11-10-12-14(15)22-19(7,8)9;1-17(2,3)16(20)13-11-10-12-14(21-18(4,5)6)15(13)22-19(7,8)9/h2*10-12H,1-9H3. The number of ketones is 2. The number of hydrogen-bond donors (Lipinski definition) is 0. The van der Waals surface area contributed by atoms with Gasteiger partial charge >= 0.3 is 0 Å². The third-order valence-electron chi connectivity index (χ3n) is 5.46. The summed E-state index contributed by atoms with van der Waals surface area (Å²) < 4.78 is 24.1. The Bertz CT molecular complexity index is 1240. The minimum Gasteiger partial charge on any atom is -0.487 e. The highest BCUT2D eigenvalue weighted by Crippen LogP contribution is 2.39. The normalized spacial score (nSPS) is 13.0. The maximum atomic E-state index is 12.9. The largest absolute Gasteiger partial charge is 0.487 e. The van der Waals surface area contributed by atoms with Crippen LogP contribution < -0.4 is 18.9 Å². The van der Waals surface area contributed by atoms with E-state index in [1.165, 1.54) is 0 Å². The molecule has 0 atom stereocenters. The molecule has 0 fully saturated rings. The van der Waals surface area contributed by atoms with Crippen LogP contribution in [0.5, 0.6) is 23.0 Å². The van der Waals surface area contributed by atoms with Crippen molar-refractivity contribution in [3.63, 3.8) is 0 Å². The van der Waals surface area contributed by atoms with Gasteiger partial charge in [-0.05, 0) is 107 Å². The number of carbonyl (C=O) groups is 2. The lowest BCUT2D eigenvalue weighted by atomic mass is 9.85. The third kappa shape index (κ3) is 13.3. The van der Waals surface area contributed by atoms with Crippen LogP contribution in [0, 0.1) is 10.8 Å². The van der Waals surface area contributed by atoms with Crippen molar-refractivity contribution in [3.05, 3.63) is 47.5 Å². The van der Waals surface area contributed by atoms with E-state index < -0.39 is 16.4 Å². The lowest BCUT2D eigenvalue weighted by Gasteiger charge is -2.29. The number of hydrogen-bond acceptors (Lipinski definition) is 6. The Kier molecular flexibility index (Phi) is 12.0. The summed E-state index contributed by atoms with van der Waals surface area (Å²) in [5, 5.41) is 0. The smallest absolute Gasteiger partial charge is 0.175 e. The first-order valence-electron chi connectivity index (χ1n) is 15.5. The van der Waals surface area contributed by atoms with Crippen LogP contribution in [-0.4, -0.2) is 34.0 Å². The van der Waals surface area contributed by atoms with Gasteiger partial charge in [-0.25, -0.2) is 0 Å². The van der Waals surface area contributed by atoms with Gasteiger partial charge in [0.05, 0.1) is 5.56 Å². The number of para-hydroxylation sites is 1. The number of carbonyl (C=O) groups excluding carboxylic acids is 2. The summed E-state index contributed by atoms with van der Waals surface area (Å²) in [5.41, 5.74) is -1.42. The Labute approximate surface area is 268 Å². The van der Waals surface area contributed by atoms with Crippen LogP contribution in [0.3, 0.4) is 0 Å². The Balaban J connectivity index is 0.000000440. The van der Waals surface area contributed by atoms with Crippen molar-refractivity contribution in [3.8, 4) is 23.0 Å². The second kappa shape index (κ2) is 13.5. The van der Waals surface area contributed by atoms with Crippen molar-refractivity contribution in [1.29, 1.82) is 0 Å². The average Bonchev–Trinajstić information content (AvgIpc) is 2.75. The van der Waals surface area contributed by atoms with Gasteiger partial charge in [0.25, 0.3) is 0 Å². The van der Waals surface area contributed by atoms with Gasteiger partial charge < -0.3 is 18.9 Å². The van der Waals surface area contributed by atoms with Gasteiger partial charge in [0, 0.05) is 10.8 Å². The molecule has 0 saturated heterocycles. The highest BCUT2D eigenvalue weighted by Gasteiger charge is 2.32. The number of benzene rings is 2. The molecule has 0 bridgehead atoms. The lowest BCUT2D eigenvalue weighted by Crippen LogP contribution is -2.29. The van der Waals surface area contributed by atoms with Crippen molar-refractivity contribution in [2.24, 2.45) is 10.8 Å². The lowest BCUT2D eigenvalue weighted by molar-refractivity contribution is 0.0801. The van der Waals surface area contributed by atoms with E-state index in [1.54, 1.807) is 0 Å². The minimum atomic E-state index is -0.507. The fourth-order valence-corrected chi connectivity index (χ4v) is 3.86. The molecule has 0 N–H and O–H groups in total. The molecule has 0 saturated carbocycles. The van der Waals surface area contributed by atoms with E-state index in [1.807, 2.05) is 161 Å². The van der Waals surface area contributed by atoms with E-state index in [0.717, 1.165) is 0 Å². The van der Waals surface area contributed by atoms with Crippen molar-refractivity contribution in [1.82, 2.24) is 0 Å². The van der Waals surface area contributed by atoms with Crippen LogP contribution in [0.25, 0.3) is 0 Å². The van der Waals surface area contributed by atoms with E-state index >= 15 is 0 Å². The van der Waals surface area contributed by atoms with Gasteiger partial charge in [-0.3, -0.25) is 9.59 Å². The van der Waals surface area contributed by atoms with Crippen LogP contribution in [0.15, 0.2) is 36.4 Å².